The Bertz CT molecular complexity index is 436. The third-order valence-corrected chi connectivity index (χ3v) is 3.22. The zero-order chi connectivity index (χ0) is 12.3. The molecule has 1 saturated heterocycles. The molecule has 5 heteroatoms. The molecular weight excluding hydrogens is 241 g/mol. The summed E-state index contributed by atoms with van der Waals surface area (Å²) in [7, 11) is 0. The van der Waals surface area contributed by atoms with Crippen molar-refractivity contribution in [3.63, 3.8) is 0 Å². The SMILES string of the molecule is N#CCN1CCN(c2ccc(F)c(Cl)c2)CC1. The van der Waals surface area contributed by atoms with Crippen LogP contribution in [0.25, 0.3) is 0 Å². The fourth-order valence-corrected chi connectivity index (χ4v) is 2.12. The number of rotatable bonds is 2. The van der Waals surface area contributed by atoms with Gasteiger partial charge in [0.25, 0.3) is 0 Å². The van der Waals surface area contributed by atoms with Crippen molar-refractivity contribution in [2.24, 2.45) is 0 Å². The van der Waals surface area contributed by atoms with Crippen LogP contribution in [0.3, 0.4) is 0 Å². The van der Waals surface area contributed by atoms with E-state index >= 15 is 0 Å². The Labute approximate surface area is 105 Å². The molecule has 0 N–H and O–H groups in total. The molecule has 1 aromatic rings. The molecule has 1 heterocycles. The van der Waals surface area contributed by atoms with E-state index in [0.29, 0.717) is 6.54 Å². The van der Waals surface area contributed by atoms with Gasteiger partial charge in [-0.1, -0.05) is 11.6 Å². The predicted molar refractivity (Wildman–Crippen MR) is 65.7 cm³/mol. The molecule has 0 spiro atoms. The summed E-state index contributed by atoms with van der Waals surface area (Å²) >= 11 is 5.76. The monoisotopic (exact) mass is 253 g/mol. The molecule has 3 nitrogen and oxygen atoms in total. The van der Waals surface area contributed by atoms with Gasteiger partial charge < -0.3 is 4.90 Å². The molecule has 2 rings (SSSR count). The first kappa shape index (κ1) is 12.2. The van der Waals surface area contributed by atoms with Crippen LogP contribution in [0.5, 0.6) is 0 Å². The van der Waals surface area contributed by atoms with Gasteiger partial charge in [0, 0.05) is 31.9 Å². The minimum absolute atomic E-state index is 0.155. The molecule has 0 saturated carbocycles. The minimum atomic E-state index is -0.390. The van der Waals surface area contributed by atoms with Crippen LogP contribution < -0.4 is 4.90 Å². The molecule has 0 atom stereocenters. The number of anilines is 1. The summed E-state index contributed by atoms with van der Waals surface area (Å²) in [5, 5.41) is 8.76. The first-order chi connectivity index (χ1) is 8.20. The van der Waals surface area contributed by atoms with Crippen LogP contribution in [0.1, 0.15) is 0 Å². The second-order valence-electron chi connectivity index (χ2n) is 4.02. The van der Waals surface area contributed by atoms with Gasteiger partial charge in [-0.15, -0.1) is 0 Å². The molecule has 17 heavy (non-hydrogen) atoms. The van der Waals surface area contributed by atoms with Crippen LogP contribution in [-0.4, -0.2) is 37.6 Å². The van der Waals surface area contributed by atoms with Gasteiger partial charge in [0.1, 0.15) is 5.82 Å². The summed E-state index contributed by atoms with van der Waals surface area (Å²) in [5.74, 6) is -0.390. The minimum Gasteiger partial charge on any atom is -0.369 e. The fourth-order valence-electron chi connectivity index (χ4n) is 1.95. The largest absolute Gasteiger partial charge is 0.369 e. The number of halogens is 2. The maximum absolute atomic E-state index is 13.0. The van der Waals surface area contributed by atoms with Crippen LogP contribution in [0.15, 0.2) is 18.2 Å². The normalized spacial score (nSPS) is 16.9. The van der Waals surface area contributed by atoms with Crippen molar-refractivity contribution in [1.82, 2.24) is 4.90 Å². The van der Waals surface area contributed by atoms with E-state index < -0.39 is 5.82 Å². The van der Waals surface area contributed by atoms with Crippen LogP contribution in [0.2, 0.25) is 5.02 Å². The van der Waals surface area contributed by atoms with Crippen molar-refractivity contribution >= 4 is 17.3 Å². The molecule has 1 aliphatic rings. The van der Waals surface area contributed by atoms with Crippen LogP contribution in [0, 0.1) is 17.1 Å². The van der Waals surface area contributed by atoms with Crippen LogP contribution in [0.4, 0.5) is 10.1 Å². The topological polar surface area (TPSA) is 30.3 Å². The van der Waals surface area contributed by atoms with E-state index in [1.165, 1.54) is 6.07 Å². The molecule has 90 valence electrons. The van der Waals surface area contributed by atoms with Gasteiger partial charge in [0.2, 0.25) is 0 Å². The average Bonchev–Trinajstić information content (AvgIpc) is 2.34. The maximum Gasteiger partial charge on any atom is 0.141 e. The van der Waals surface area contributed by atoms with E-state index in [-0.39, 0.29) is 5.02 Å². The van der Waals surface area contributed by atoms with E-state index in [1.54, 1.807) is 12.1 Å². The number of hydrogen-bond acceptors (Lipinski definition) is 3. The second kappa shape index (κ2) is 5.35. The van der Waals surface area contributed by atoms with E-state index in [0.717, 1.165) is 31.9 Å². The molecule has 0 aliphatic carbocycles. The summed E-state index contributed by atoms with van der Waals surface area (Å²) in [6, 6.07) is 6.92. The van der Waals surface area contributed by atoms with Gasteiger partial charge in [-0.2, -0.15) is 5.26 Å². The summed E-state index contributed by atoms with van der Waals surface area (Å²) in [6.07, 6.45) is 0. The zero-order valence-corrected chi connectivity index (χ0v) is 10.1. The average molecular weight is 254 g/mol. The lowest BCUT2D eigenvalue weighted by Crippen LogP contribution is -2.46. The highest BCUT2D eigenvalue weighted by molar-refractivity contribution is 6.31. The maximum atomic E-state index is 13.0. The van der Waals surface area contributed by atoms with Gasteiger partial charge >= 0.3 is 0 Å². The first-order valence-corrected chi connectivity index (χ1v) is 5.88. The Balaban J connectivity index is 2.01. The highest BCUT2D eigenvalue weighted by Crippen LogP contribution is 2.23. The molecule has 1 aliphatic heterocycles. The molecular formula is C12H13ClFN3. The summed E-state index contributed by atoms with van der Waals surface area (Å²) in [4.78, 5) is 4.25. The predicted octanol–water partition coefficient (Wildman–Crippen LogP) is 2.12. The van der Waals surface area contributed by atoms with Crippen molar-refractivity contribution in [2.75, 3.05) is 37.6 Å². The van der Waals surface area contributed by atoms with E-state index in [2.05, 4.69) is 15.9 Å². The second-order valence-corrected chi connectivity index (χ2v) is 4.43. The molecule has 1 fully saturated rings. The molecule has 0 unspecified atom stereocenters. The molecule has 0 radical (unpaired) electrons. The lowest BCUT2D eigenvalue weighted by Gasteiger charge is -2.35. The first-order valence-electron chi connectivity index (χ1n) is 5.50. The van der Waals surface area contributed by atoms with Gasteiger partial charge in [0.15, 0.2) is 0 Å². The van der Waals surface area contributed by atoms with Crippen LogP contribution >= 0.6 is 11.6 Å². The Hall–Kier alpha value is -1.31. The van der Waals surface area contributed by atoms with Crippen molar-refractivity contribution in [3.8, 4) is 6.07 Å². The quantitative estimate of drug-likeness (QED) is 0.757. The molecule has 0 aromatic heterocycles. The van der Waals surface area contributed by atoms with Crippen molar-refractivity contribution in [2.45, 2.75) is 0 Å². The highest BCUT2D eigenvalue weighted by Gasteiger charge is 2.17. The number of nitriles is 1. The van der Waals surface area contributed by atoms with Crippen molar-refractivity contribution < 1.29 is 4.39 Å². The standard InChI is InChI=1S/C12H13ClFN3/c13-11-9-10(1-2-12(11)14)17-7-5-16(4-3-15)6-8-17/h1-2,9H,4-8H2. The molecule has 1 aromatic carbocycles. The fraction of sp³-hybridized carbons (Fsp3) is 0.417. The summed E-state index contributed by atoms with van der Waals surface area (Å²) in [6.45, 7) is 3.84. The Kier molecular flexibility index (Phi) is 3.82. The van der Waals surface area contributed by atoms with Gasteiger partial charge in [-0.05, 0) is 18.2 Å². The van der Waals surface area contributed by atoms with E-state index in [4.69, 9.17) is 16.9 Å². The summed E-state index contributed by atoms with van der Waals surface area (Å²) < 4.78 is 13.0. The number of hydrogen-bond donors (Lipinski definition) is 0. The van der Waals surface area contributed by atoms with Gasteiger partial charge in [0.05, 0.1) is 17.6 Å². The molecule has 0 amide bonds. The Morgan fingerprint density at radius 2 is 2.00 bits per heavy atom. The third-order valence-electron chi connectivity index (χ3n) is 2.93. The molecule has 0 bridgehead atoms. The zero-order valence-electron chi connectivity index (χ0n) is 9.37. The van der Waals surface area contributed by atoms with Crippen molar-refractivity contribution in [3.05, 3.63) is 29.0 Å². The van der Waals surface area contributed by atoms with Crippen molar-refractivity contribution in [1.29, 1.82) is 5.26 Å². The van der Waals surface area contributed by atoms with Crippen LogP contribution in [-0.2, 0) is 0 Å². The number of piperazine rings is 1. The lowest BCUT2D eigenvalue weighted by molar-refractivity contribution is 0.287. The van der Waals surface area contributed by atoms with Gasteiger partial charge in [-0.3, -0.25) is 4.90 Å². The Morgan fingerprint density at radius 1 is 1.29 bits per heavy atom. The Morgan fingerprint density at radius 3 is 2.59 bits per heavy atom. The van der Waals surface area contributed by atoms with E-state index in [1.807, 2.05) is 0 Å². The smallest absolute Gasteiger partial charge is 0.141 e. The third kappa shape index (κ3) is 2.87. The van der Waals surface area contributed by atoms with Gasteiger partial charge in [-0.25, -0.2) is 4.39 Å². The summed E-state index contributed by atoms with van der Waals surface area (Å²) in [5.41, 5.74) is 0.938. The van der Waals surface area contributed by atoms with E-state index in [9.17, 15) is 4.39 Å². The number of nitrogens with zero attached hydrogens (tertiary/aromatic N) is 3. The number of benzene rings is 1. The highest BCUT2D eigenvalue weighted by atomic mass is 35.5. The lowest BCUT2D eigenvalue weighted by atomic mass is 10.2.